The van der Waals surface area contributed by atoms with Gasteiger partial charge in [-0.05, 0) is 30.7 Å². The lowest BCUT2D eigenvalue weighted by Gasteiger charge is -2.08. The highest BCUT2D eigenvalue weighted by Gasteiger charge is 2.00. The van der Waals surface area contributed by atoms with Gasteiger partial charge in [0.2, 0.25) is 0 Å². The van der Waals surface area contributed by atoms with Gasteiger partial charge in [-0.3, -0.25) is 0 Å². The van der Waals surface area contributed by atoms with Crippen molar-refractivity contribution >= 4 is 6.29 Å². The minimum absolute atomic E-state index is 0.422. The molecule has 3 nitrogen and oxygen atoms in total. The molecule has 76 valence electrons. The fourth-order valence-electron chi connectivity index (χ4n) is 1.13. The summed E-state index contributed by atoms with van der Waals surface area (Å²) in [4.78, 5) is 10.1. The summed E-state index contributed by atoms with van der Waals surface area (Å²) in [7, 11) is 1.63. The number of rotatable bonds is 5. The second kappa shape index (κ2) is 5.27. The van der Waals surface area contributed by atoms with Crippen LogP contribution in [0.25, 0.3) is 0 Å². The fraction of sp³-hybridized carbons (Fsp3) is 0.364. The summed E-state index contributed by atoms with van der Waals surface area (Å²) in [6.45, 7) is 2.37. The predicted molar refractivity (Wildman–Crippen MR) is 53.9 cm³/mol. The van der Waals surface area contributed by atoms with E-state index in [1.165, 1.54) is 0 Å². The molecule has 0 spiro atoms. The number of benzene rings is 1. The van der Waals surface area contributed by atoms with Crippen molar-refractivity contribution in [3.8, 4) is 11.5 Å². The first-order chi connectivity index (χ1) is 6.77. The van der Waals surface area contributed by atoms with Crippen LogP contribution in [0.1, 0.15) is 12.0 Å². The van der Waals surface area contributed by atoms with E-state index in [9.17, 15) is 4.79 Å². The van der Waals surface area contributed by atoms with Gasteiger partial charge in [0.25, 0.3) is 0 Å². The van der Waals surface area contributed by atoms with Crippen LogP contribution in [0, 0.1) is 6.92 Å². The summed E-state index contributed by atoms with van der Waals surface area (Å²) in [6.07, 6.45) is 1.27. The number of aryl methyl sites for hydroxylation is 1. The quantitative estimate of drug-likeness (QED) is 0.531. The Hall–Kier alpha value is -1.51. The van der Waals surface area contributed by atoms with Crippen molar-refractivity contribution in [3.05, 3.63) is 23.8 Å². The minimum Gasteiger partial charge on any atom is -0.497 e. The van der Waals surface area contributed by atoms with E-state index in [1.54, 1.807) is 7.11 Å². The van der Waals surface area contributed by atoms with E-state index in [4.69, 9.17) is 9.47 Å². The number of carbonyl (C=O) groups is 1. The normalized spacial score (nSPS) is 9.57. The number of hydrogen-bond acceptors (Lipinski definition) is 3. The Morgan fingerprint density at radius 1 is 1.43 bits per heavy atom. The average molecular weight is 194 g/mol. The van der Waals surface area contributed by atoms with Crippen LogP contribution in [0.4, 0.5) is 0 Å². The van der Waals surface area contributed by atoms with Crippen LogP contribution in [-0.4, -0.2) is 20.0 Å². The molecule has 1 rings (SSSR count). The van der Waals surface area contributed by atoms with E-state index < -0.39 is 0 Å². The summed E-state index contributed by atoms with van der Waals surface area (Å²) in [5.74, 6) is 1.61. The first-order valence-electron chi connectivity index (χ1n) is 4.49. The van der Waals surface area contributed by atoms with E-state index in [0.29, 0.717) is 13.0 Å². The number of ether oxygens (including phenoxy) is 2. The highest BCUT2D eigenvalue weighted by Crippen LogP contribution is 2.22. The Balaban J connectivity index is 2.63. The molecule has 0 fully saturated rings. The van der Waals surface area contributed by atoms with Gasteiger partial charge in [0.15, 0.2) is 0 Å². The van der Waals surface area contributed by atoms with Crippen molar-refractivity contribution in [1.82, 2.24) is 0 Å². The molecule has 0 saturated heterocycles. The summed E-state index contributed by atoms with van der Waals surface area (Å²) >= 11 is 0. The molecule has 1 aromatic carbocycles. The van der Waals surface area contributed by atoms with Crippen LogP contribution < -0.4 is 9.47 Å². The van der Waals surface area contributed by atoms with E-state index in [0.717, 1.165) is 23.3 Å². The zero-order valence-corrected chi connectivity index (χ0v) is 8.45. The van der Waals surface area contributed by atoms with E-state index in [-0.39, 0.29) is 0 Å². The minimum atomic E-state index is 0.422. The van der Waals surface area contributed by atoms with Gasteiger partial charge in [0.05, 0.1) is 13.7 Å². The molecule has 0 saturated carbocycles. The van der Waals surface area contributed by atoms with Crippen molar-refractivity contribution in [2.24, 2.45) is 0 Å². The summed E-state index contributed by atoms with van der Waals surface area (Å²) in [6, 6.07) is 5.58. The number of aldehydes is 1. The maximum atomic E-state index is 10.1. The maximum Gasteiger partial charge on any atom is 0.123 e. The molecule has 14 heavy (non-hydrogen) atoms. The van der Waals surface area contributed by atoms with E-state index in [2.05, 4.69) is 0 Å². The van der Waals surface area contributed by atoms with E-state index >= 15 is 0 Å². The zero-order valence-electron chi connectivity index (χ0n) is 8.45. The first-order valence-corrected chi connectivity index (χ1v) is 4.49. The molecule has 0 aliphatic carbocycles. The Morgan fingerprint density at radius 2 is 2.21 bits per heavy atom. The van der Waals surface area contributed by atoms with Gasteiger partial charge in [-0.15, -0.1) is 0 Å². The maximum absolute atomic E-state index is 10.1. The number of carbonyl (C=O) groups excluding carboxylic acids is 1. The third-order valence-electron chi connectivity index (χ3n) is 1.88. The Labute approximate surface area is 83.6 Å². The van der Waals surface area contributed by atoms with Gasteiger partial charge in [-0.1, -0.05) is 0 Å². The standard InChI is InChI=1S/C11H14O3/c1-9-8-10(13-2)4-5-11(9)14-7-3-6-12/h4-6,8H,3,7H2,1-2H3. The van der Waals surface area contributed by atoms with Crippen LogP contribution >= 0.6 is 0 Å². The summed E-state index contributed by atoms with van der Waals surface area (Å²) in [5.41, 5.74) is 1.01. The largest absolute Gasteiger partial charge is 0.497 e. The molecule has 0 unspecified atom stereocenters. The Bertz CT molecular complexity index is 307. The van der Waals surface area contributed by atoms with Gasteiger partial charge in [-0.25, -0.2) is 0 Å². The molecule has 0 N–H and O–H groups in total. The monoisotopic (exact) mass is 194 g/mol. The fourth-order valence-corrected chi connectivity index (χ4v) is 1.13. The SMILES string of the molecule is COc1ccc(OCCC=O)c(C)c1. The highest BCUT2D eigenvalue weighted by molar-refractivity contribution is 5.49. The second-order valence-electron chi connectivity index (χ2n) is 2.94. The molecular weight excluding hydrogens is 180 g/mol. The van der Waals surface area contributed by atoms with Crippen molar-refractivity contribution < 1.29 is 14.3 Å². The molecular formula is C11H14O3. The number of hydrogen-bond donors (Lipinski definition) is 0. The molecule has 0 aromatic heterocycles. The molecule has 0 radical (unpaired) electrons. The smallest absolute Gasteiger partial charge is 0.123 e. The van der Waals surface area contributed by atoms with Crippen molar-refractivity contribution in [2.75, 3.05) is 13.7 Å². The Morgan fingerprint density at radius 3 is 2.79 bits per heavy atom. The number of methoxy groups -OCH3 is 1. The average Bonchev–Trinajstić information content (AvgIpc) is 2.20. The Kier molecular flexibility index (Phi) is 3.98. The van der Waals surface area contributed by atoms with Gasteiger partial charge in [0.1, 0.15) is 17.8 Å². The molecule has 0 aliphatic heterocycles. The topological polar surface area (TPSA) is 35.5 Å². The lowest BCUT2D eigenvalue weighted by atomic mass is 10.2. The van der Waals surface area contributed by atoms with Gasteiger partial charge < -0.3 is 14.3 Å². The molecule has 3 heteroatoms. The highest BCUT2D eigenvalue weighted by atomic mass is 16.5. The van der Waals surface area contributed by atoms with Crippen LogP contribution in [0.2, 0.25) is 0 Å². The molecule has 0 amide bonds. The van der Waals surface area contributed by atoms with Crippen molar-refractivity contribution in [3.63, 3.8) is 0 Å². The second-order valence-corrected chi connectivity index (χ2v) is 2.94. The summed E-state index contributed by atoms with van der Waals surface area (Å²) in [5, 5.41) is 0. The summed E-state index contributed by atoms with van der Waals surface area (Å²) < 4.78 is 10.5. The van der Waals surface area contributed by atoms with Crippen molar-refractivity contribution in [1.29, 1.82) is 0 Å². The lowest BCUT2D eigenvalue weighted by Crippen LogP contribution is -1.99. The molecule has 0 atom stereocenters. The van der Waals surface area contributed by atoms with Gasteiger partial charge in [0, 0.05) is 6.42 Å². The van der Waals surface area contributed by atoms with Crippen molar-refractivity contribution in [2.45, 2.75) is 13.3 Å². The van der Waals surface area contributed by atoms with Crippen LogP contribution in [-0.2, 0) is 4.79 Å². The van der Waals surface area contributed by atoms with Gasteiger partial charge >= 0.3 is 0 Å². The third kappa shape index (κ3) is 2.76. The third-order valence-corrected chi connectivity index (χ3v) is 1.88. The lowest BCUT2D eigenvalue weighted by molar-refractivity contribution is -0.108. The predicted octanol–water partition coefficient (Wildman–Crippen LogP) is 1.97. The molecule has 0 heterocycles. The molecule has 1 aromatic rings. The van der Waals surface area contributed by atoms with Crippen LogP contribution in [0.15, 0.2) is 18.2 Å². The molecule has 0 aliphatic rings. The zero-order chi connectivity index (χ0) is 10.4. The van der Waals surface area contributed by atoms with Crippen LogP contribution in [0.3, 0.4) is 0 Å². The molecule has 0 bridgehead atoms. The van der Waals surface area contributed by atoms with Gasteiger partial charge in [-0.2, -0.15) is 0 Å². The van der Waals surface area contributed by atoms with E-state index in [1.807, 2.05) is 25.1 Å². The van der Waals surface area contributed by atoms with Crippen LogP contribution in [0.5, 0.6) is 11.5 Å². The first kappa shape index (κ1) is 10.6.